The molecule has 0 radical (unpaired) electrons. The Bertz CT molecular complexity index is 845. The minimum Gasteiger partial charge on any atom is -0.482 e. The highest BCUT2D eigenvalue weighted by molar-refractivity contribution is 6.34. The van der Waals surface area contributed by atoms with E-state index in [1.165, 1.54) is 0 Å². The Labute approximate surface area is 161 Å². The van der Waals surface area contributed by atoms with Gasteiger partial charge in [-0.2, -0.15) is 5.26 Å². The monoisotopic (exact) mass is 390 g/mol. The molecule has 1 amide bonds. The summed E-state index contributed by atoms with van der Waals surface area (Å²) in [5.41, 5.74) is 0.534. The van der Waals surface area contributed by atoms with E-state index in [4.69, 9.17) is 27.9 Å². The van der Waals surface area contributed by atoms with Crippen molar-refractivity contribution < 1.29 is 9.53 Å². The van der Waals surface area contributed by atoms with E-state index in [0.717, 1.165) is 0 Å². The topological polar surface area (TPSA) is 69.5 Å². The van der Waals surface area contributed by atoms with Crippen molar-refractivity contribution in [1.29, 1.82) is 5.26 Å². The highest BCUT2D eigenvalue weighted by Crippen LogP contribution is 2.27. The lowest BCUT2D eigenvalue weighted by Crippen LogP contribution is -2.50. The van der Waals surface area contributed by atoms with E-state index in [1.807, 2.05) is 4.90 Å². The fourth-order valence-corrected chi connectivity index (χ4v) is 3.06. The molecule has 3 rings (SSSR count). The van der Waals surface area contributed by atoms with Gasteiger partial charge in [-0.05, 0) is 24.3 Å². The molecule has 1 saturated heterocycles. The zero-order valence-corrected chi connectivity index (χ0v) is 15.4. The number of hydrogen-bond donors (Lipinski definition) is 0. The number of pyridine rings is 1. The second-order valence-corrected chi connectivity index (χ2v) is 6.56. The van der Waals surface area contributed by atoms with E-state index in [1.54, 1.807) is 41.4 Å². The van der Waals surface area contributed by atoms with Gasteiger partial charge in [0.05, 0.1) is 10.6 Å². The normalized spacial score (nSPS) is 14.0. The summed E-state index contributed by atoms with van der Waals surface area (Å²) in [6.45, 7) is 2.18. The molecule has 0 spiro atoms. The van der Waals surface area contributed by atoms with Crippen LogP contribution >= 0.6 is 23.2 Å². The molecule has 1 aromatic heterocycles. The second-order valence-electron chi connectivity index (χ2n) is 5.72. The van der Waals surface area contributed by atoms with E-state index >= 15 is 0 Å². The SMILES string of the molecule is N#Cc1cccnc1N1CCN(C(=O)COc2cc(Cl)ccc2Cl)CC1. The molecule has 134 valence electrons. The molecular formula is C18H16Cl2N4O2. The number of benzene rings is 1. The molecule has 0 aliphatic carbocycles. The summed E-state index contributed by atoms with van der Waals surface area (Å²) in [6, 6.07) is 10.5. The lowest BCUT2D eigenvalue weighted by molar-refractivity contribution is -0.133. The number of rotatable bonds is 4. The first-order valence-corrected chi connectivity index (χ1v) is 8.80. The van der Waals surface area contributed by atoms with Gasteiger partial charge in [0, 0.05) is 43.5 Å². The lowest BCUT2D eigenvalue weighted by Gasteiger charge is -2.35. The number of amides is 1. The van der Waals surface area contributed by atoms with Crippen molar-refractivity contribution in [3.63, 3.8) is 0 Å². The smallest absolute Gasteiger partial charge is 0.260 e. The van der Waals surface area contributed by atoms with Gasteiger partial charge in [-0.1, -0.05) is 23.2 Å². The molecule has 1 aliphatic heterocycles. The van der Waals surface area contributed by atoms with Crippen LogP contribution in [0.2, 0.25) is 10.0 Å². The molecule has 8 heteroatoms. The van der Waals surface area contributed by atoms with Gasteiger partial charge in [-0.25, -0.2) is 4.98 Å². The van der Waals surface area contributed by atoms with E-state index in [-0.39, 0.29) is 12.5 Å². The fourth-order valence-electron chi connectivity index (χ4n) is 2.72. The van der Waals surface area contributed by atoms with Crippen molar-refractivity contribution in [1.82, 2.24) is 9.88 Å². The van der Waals surface area contributed by atoms with E-state index in [9.17, 15) is 10.1 Å². The molecule has 2 heterocycles. The van der Waals surface area contributed by atoms with Crippen LogP contribution in [-0.2, 0) is 4.79 Å². The standard InChI is InChI=1S/C18H16Cl2N4O2/c19-14-3-4-15(20)16(10-14)26-12-17(25)23-6-8-24(9-7-23)18-13(11-21)2-1-5-22-18/h1-5,10H,6-9,12H2. The van der Waals surface area contributed by atoms with Gasteiger partial charge in [0.25, 0.3) is 5.91 Å². The zero-order chi connectivity index (χ0) is 18.5. The predicted octanol–water partition coefficient (Wildman–Crippen LogP) is 2.99. The maximum Gasteiger partial charge on any atom is 0.260 e. The summed E-state index contributed by atoms with van der Waals surface area (Å²) in [7, 11) is 0. The maximum atomic E-state index is 12.4. The third kappa shape index (κ3) is 4.18. The zero-order valence-electron chi connectivity index (χ0n) is 13.9. The summed E-state index contributed by atoms with van der Waals surface area (Å²) in [5, 5.41) is 10.1. The summed E-state index contributed by atoms with van der Waals surface area (Å²) in [6.07, 6.45) is 1.66. The van der Waals surface area contributed by atoms with Gasteiger partial charge in [0.15, 0.2) is 6.61 Å². The molecule has 1 aliphatic rings. The third-order valence-electron chi connectivity index (χ3n) is 4.08. The molecule has 0 saturated carbocycles. The van der Waals surface area contributed by atoms with Gasteiger partial charge in [0.2, 0.25) is 0 Å². The van der Waals surface area contributed by atoms with Gasteiger partial charge in [0.1, 0.15) is 17.6 Å². The molecule has 0 unspecified atom stereocenters. The van der Waals surface area contributed by atoms with Crippen molar-refractivity contribution in [2.75, 3.05) is 37.7 Å². The van der Waals surface area contributed by atoms with Crippen LogP contribution in [0, 0.1) is 11.3 Å². The van der Waals surface area contributed by atoms with Gasteiger partial charge in [-0.15, -0.1) is 0 Å². The van der Waals surface area contributed by atoms with Gasteiger partial charge >= 0.3 is 0 Å². The van der Waals surface area contributed by atoms with E-state index < -0.39 is 0 Å². The van der Waals surface area contributed by atoms with Gasteiger partial charge < -0.3 is 14.5 Å². The lowest BCUT2D eigenvalue weighted by atomic mass is 10.2. The Morgan fingerprint density at radius 2 is 2.00 bits per heavy atom. The average molecular weight is 391 g/mol. The number of carbonyl (C=O) groups is 1. The summed E-state index contributed by atoms with van der Waals surface area (Å²) in [5.74, 6) is 0.921. The predicted molar refractivity (Wildman–Crippen MR) is 99.7 cm³/mol. The number of nitriles is 1. The van der Waals surface area contributed by atoms with E-state index in [0.29, 0.717) is 53.4 Å². The highest BCUT2D eigenvalue weighted by atomic mass is 35.5. The molecular weight excluding hydrogens is 375 g/mol. The first kappa shape index (κ1) is 18.3. The number of piperazine rings is 1. The number of anilines is 1. The Kier molecular flexibility index (Phi) is 5.82. The van der Waals surface area contributed by atoms with Crippen LogP contribution < -0.4 is 9.64 Å². The number of halogens is 2. The van der Waals surface area contributed by atoms with Crippen LogP contribution in [0.15, 0.2) is 36.5 Å². The van der Waals surface area contributed by atoms with Crippen molar-refractivity contribution in [2.24, 2.45) is 0 Å². The van der Waals surface area contributed by atoms with Crippen LogP contribution in [0.4, 0.5) is 5.82 Å². The molecule has 2 aromatic rings. The molecule has 0 atom stereocenters. The van der Waals surface area contributed by atoms with Crippen LogP contribution in [0.25, 0.3) is 0 Å². The molecule has 6 nitrogen and oxygen atoms in total. The summed E-state index contributed by atoms with van der Waals surface area (Å²) >= 11 is 11.9. The van der Waals surface area contributed by atoms with E-state index in [2.05, 4.69) is 11.1 Å². The number of hydrogen-bond acceptors (Lipinski definition) is 5. The number of ether oxygens (including phenoxy) is 1. The van der Waals surface area contributed by atoms with Crippen LogP contribution in [-0.4, -0.2) is 48.6 Å². The number of aromatic nitrogens is 1. The average Bonchev–Trinajstić information content (AvgIpc) is 2.68. The quantitative estimate of drug-likeness (QED) is 0.802. The maximum absolute atomic E-state index is 12.4. The third-order valence-corrected chi connectivity index (χ3v) is 4.63. The molecule has 0 N–H and O–H groups in total. The largest absolute Gasteiger partial charge is 0.482 e. The molecule has 1 fully saturated rings. The van der Waals surface area contributed by atoms with Crippen molar-refractivity contribution in [3.05, 3.63) is 52.1 Å². The summed E-state index contributed by atoms with van der Waals surface area (Å²) < 4.78 is 5.50. The van der Waals surface area contributed by atoms with Crippen LogP contribution in [0.5, 0.6) is 5.75 Å². The van der Waals surface area contributed by atoms with Crippen LogP contribution in [0.1, 0.15) is 5.56 Å². The number of carbonyl (C=O) groups excluding carboxylic acids is 1. The number of nitrogens with zero attached hydrogens (tertiary/aromatic N) is 4. The Hall–Kier alpha value is -2.49. The Morgan fingerprint density at radius 1 is 1.23 bits per heavy atom. The Balaban J connectivity index is 1.55. The molecule has 1 aromatic carbocycles. The minimum absolute atomic E-state index is 0.104. The first-order valence-electron chi connectivity index (χ1n) is 8.04. The second kappa shape index (κ2) is 8.26. The minimum atomic E-state index is -0.123. The van der Waals surface area contributed by atoms with Gasteiger partial charge in [-0.3, -0.25) is 4.79 Å². The first-order chi connectivity index (χ1) is 12.6. The van der Waals surface area contributed by atoms with Crippen molar-refractivity contribution >= 4 is 34.9 Å². The molecule has 0 bridgehead atoms. The fraction of sp³-hybridized carbons (Fsp3) is 0.278. The van der Waals surface area contributed by atoms with Crippen molar-refractivity contribution in [2.45, 2.75) is 0 Å². The van der Waals surface area contributed by atoms with Crippen molar-refractivity contribution in [3.8, 4) is 11.8 Å². The summed E-state index contributed by atoms with van der Waals surface area (Å²) in [4.78, 5) is 20.4. The van der Waals surface area contributed by atoms with Crippen LogP contribution in [0.3, 0.4) is 0 Å². The Morgan fingerprint density at radius 3 is 2.73 bits per heavy atom. The molecule has 26 heavy (non-hydrogen) atoms. The highest BCUT2D eigenvalue weighted by Gasteiger charge is 2.23.